The summed E-state index contributed by atoms with van der Waals surface area (Å²) in [7, 11) is 0. The summed E-state index contributed by atoms with van der Waals surface area (Å²) in [6.45, 7) is 6.88. The SMILES string of the molecule is CCCNC1N=CN(c2c(C)cccc2C)C(=O)N1. The molecule has 0 radical (unpaired) electrons. The van der Waals surface area contributed by atoms with E-state index in [9.17, 15) is 4.79 Å². The van der Waals surface area contributed by atoms with E-state index in [1.165, 1.54) is 0 Å². The van der Waals surface area contributed by atoms with Gasteiger partial charge in [0.2, 0.25) is 0 Å². The van der Waals surface area contributed by atoms with E-state index in [1.807, 2.05) is 32.0 Å². The topological polar surface area (TPSA) is 56.7 Å². The number of anilines is 1. The number of hydrogen-bond acceptors (Lipinski definition) is 3. The number of para-hydroxylation sites is 1. The average Bonchev–Trinajstić information content (AvgIpc) is 2.38. The molecule has 1 unspecified atom stereocenters. The minimum atomic E-state index is -0.326. The molecule has 19 heavy (non-hydrogen) atoms. The number of aliphatic imine (C=N–C) groups is 1. The Balaban J connectivity index is 2.21. The van der Waals surface area contributed by atoms with Gasteiger partial charge in [-0.2, -0.15) is 0 Å². The monoisotopic (exact) mass is 260 g/mol. The summed E-state index contributed by atoms with van der Waals surface area (Å²) in [5, 5.41) is 5.98. The molecule has 0 aromatic heterocycles. The molecule has 2 amide bonds. The third kappa shape index (κ3) is 2.93. The van der Waals surface area contributed by atoms with Crippen molar-refractivity contribution in [1.82, 2.24) is 10.6 Å². The molecular weight excluding hydrogens is 240 g/mol. The molecule has 0 saturated carbocycles. The van der Waals surface area contributed by atoms with Gasteiger partial charge in [-0.15, -0.1) is 0 Å². The van der Waals surface area contributed by atoms with Gasteiger partial charge in [-0.05, 0) is 37.9 Å². The lowest BCUT2D eigenvalue weighted by Gasteiger charge is -2.29. The summed E-state index contributed by atoms with van der Waals surface area (Å²) in [5.41, 5.74) is 3.01. The lowest BCUT2D eigenvalue weighted by atomic mass is 10.1. The van der Waals surface area contributed by atoms with Crippen molar-refractivity contribution in [2.75, 3.05) is 11.4 Å². The Morgan fingerprint density at radius 1 is 1.37 bits per heavy atom. The van der Waals surface area contributed by atoms with Crippen LogP contribution in [-0.4, -0.2) is 25.2 Å². The smallest absolute Gasteiger partial charge is 0.303 e. The van der Waals surface area contributed by atoms with Crippen molar-refractivity contribution in [3.05, 3.63) is 29.3 Å². The number of nitrogens with one attached hydrogen (secondary N) is 2. The second kappa shape index (κ2) is 5.84. The molecule has 5 heteroatoms. The van der Waals surface area contributed by atoms with E-state index in [0.29, 0.717) is 0 Å². The fourth-order valence-electron chi connectivity index (χ4n) is 2.14. The Labute approximate surface area is 113 Å². The Hall–Kier alpha value is -1.88. The van der Waals surface area contributed by atoms with Crippen molar-refractivity contribution in [2.24, 2.45) is 4.99 Å². The number of benzene rings is 1. The number of amides is 2. The van der Waals surface area contributed by atoms with Gasteiger partial charge in [0.15, 0.2) is 6.29 Å². The van der Waals surface area contributed by atoms with Crippen molar-refractivity contribution < 1.29 is 4.79 Å². The van der Waals surface area contributed by atoms with Crippen LogP contribution in [0.3, 0.4) is 0 Å². The number of rotatable bonds is 4. The molecular formula is C14H20N4O. The molecule has 1 aromatic carbocycles. The second-order valence-electron chi connectivity index (χ2n) is 4.68. The van der Waals surface area contributed by atoms with E-state index in [2.05, 4.69) is 22.5 Å². The van der Waals surface area contributed by atoms with E-state index in [-0.39, 0.29) is 12.3 Å². The predicted molar refractivity (Wildman–Crippen MR) is 77.5 cm³/mol. The van der Waals surface area contributed by atoms with Gasteiger partial charge in [0.1, 0.15) is 6.34 Å². The molecule has 102 valence electrons. The first kappa shape index (κ1) is 13.5. The summed E-state index contributed by atoms with van der Waals surface area (Å²) >= 11 is 0. The Kier molecular flexibility index (Phi) is 4.16. The van der Waals surface area contributed by atoms with Gasteiger partial charge in [0, 0.05) is 0 Å². The first-order valence-corrected chi connectivity index (χ1v) is 6.56. The minimum Gasteiger partial charge on any atom is -0.303 e. The quantitative estimate of drug-likeness (QED) is 0.871. The molecule has 2 N–H and O–H groups in total. The molecule has 0 aliphatic carbocycles. The van der Waals surface area contributed by atoms with Crippen LogP contribution in [0.15, 0.2) is 23.2 Å². The van der Waals surface area contributed by atoms with E-state index >= 15 is 0 Å². The van der Waals surface area contributed by atoms with Crippen molar-refractivity contribution in [2.45, 2.75) is 33.5 Å². The summed E-state index contributed by atoms with van der Waals surface area (Å²) < 4.78 is 0. The predicted octanol–water partition coefficient (Wildman–Crippen LogP) is 2.14. The molecule has 1 heterocycles. The van der Waals surface area contributed by atoms with Crippen LogP contribution < -0.4 is 15.5 Å². The molecule has 5 nitrogen and oxygen atoms in total. The third-order valence-corrected chi connectivity index (χ3v) is 3.08. The Bertz CT molecular complexity index is 478. The van der Waals surface area contributed by atoms with Crippen molar-refractivity contribution >= 4 is 18.1 Å². The zero-order chi connectivity index (χ0) is 13.8. The van der Waals surface area contributed by atoms with Crippen LogP contribution >= 0.6 is 0 Å². The normalized spacial score (nSPS) is 18.6. The number of hydrogen-bond donors (Lipinski definition) is 2. The van der Waals surface area contributed by atoms with Crippen LogP contribution in [0, 0.1) is 13.8 Å². The highest BCUT2D eigenvalue weighted by Gasteiger charge is 2.24. The molecule has 0 bridgehead atoms. The summed E-state index contributed by atoms with van der Waals surface area (Å²) in [5.74, 6) is 0. The molecule has 1 atom stereocenters. The number of urea groups is 1. The maximum absolute atomic E-state index is 12.2. The fraction of sp³-hybridized carbons (Fsp3) is 0.429. The lowest BCUT2D eigenvalue weighted by molar-refractivity contribution is 0.241. The van der Waals surface area contributed by atoms with Gasteiger partial charge in [-0.3, -0.25) is 10.2 Å². The molecule has 2 rings (SSSR count). The highest BCUT2D eigenvalue weighted by Crippen LogP contribution is 2.24. The maximum atomic E-state index is 12.2. The van der Waals surface area contributed by atoms with E-state index in [4.69, 9.17) is 0 Å². The van der Waals surface area contributed by atoms with Gasteiger partial charge >= 0.3 is 6.03 Å². The standard InChI is InChI=1S/C14H20N4O/c1-4-8-15-13-16-9-18(14(19)17-13)12-10(2)6-5-7-11(12)3/h5-7,9,13,15H,4,8H2,1-3H3,(H,17,19). The van der Waals surface area contributed by atoms with Gasteiger partial charge < -0.3 is 5.32 Å². The summed E-state index contributed by atoms with van der Waals surface area (Å²) in [6.07, 6.45) is 2.28. The van der Waals surface area contributed by atoms with Crippen LogP contribution in [-0.2, 0) is 0 Å². The van der Waals surface area contributed by atoms with Crippen LogP contribution in [0.4, 0.5) is 10.5 Å². The van der Waals surface area contributed by atoms with Crippen molar-refractivity contribution in [3.63, 3.8) is 0 Å². The molecule has 1 aliphatic heterocycles. The van der Waals surface area contributed by atoms with Gasteiger partial charge in [-0.1, -0.05) is 25.1 Å². The Morgan fingerprint density at radius 2 is 2.05 bits per heavy atom. The second-order valence-corrected chi connectivity index (χ2v) is 4.68. The number of carbonyl (C=O) groups is 1. The fourth-order valence-corrected chi connectivity index (χ4v) is 2.14. The van der Waals surface area contributed by atoms with Crippen molar-refractivity contribution in [1.29, 1.82) is 0 Å². The van der Waals surface area contributed by atoms with Crippen LogP contribution in [0.5, 0.6) is 0 Å². The van der Waals surface area contributed by atoms with Crippen LogP contribution in [0.25, 0.3) is 0 Å². The highest BCUT2D eigenvalue weighted by molar-refractivity contribution is 6.09. The zero-order valence-corrected chi connectivity index (χ0v) is 11.6. The molecule has 0 spiro atoms. The molecule has 1 aromatic rings. The van der Waals surface area contributed by atoms with Gasteiger partial charge in [0.25, 0.3) is 0 Å². The Morgan fingerprint density at radius 3 is 2.63 bits per heavy atom. The summed E-state index contributed by atoms with van der Waals surface area (Å²) in [4.78, 5) is 18.0. The van der Waals surface area contributed by atoms with Gasteiger partial charge in [0.05, 0.1) is 5.69 Å². The van der Waals surface area contributed by atoms with E-state index in [0.717, 1.165) is 29.8 Å². The maximum Gasteiger partial charge on any atom is 0.329 e. The lowest BCUT2D eigenvalue weighted by Crippen LogP contribution is -2.54. The largest absolute Gasteiger partial charge is 0.329 e. The van der Waals surface area contributed by atoms with Crippen LogP contribution in [0.1, 0.15) is 24.5 Å². The van der Waals surface area contributed by atoms with Crippen LogP contribution in [0.2, 0.25) is 0 Å². The molecule has 0 fully saturated rings. The zero-order valence-electron chi connectivity index (χ0n) is 11.6. The first-order valence-electron chi connectivity index (χ1n) is 6.56. The average molecular weight is 260 g/mol. The van der Waals surface area contributed by atoms with E-state index < -0.39 is 0 Å². The molecule has 0 saturated heterocycles. The number of carbonyl (C=O) groups excluding carboxylic acids is 1. The number of aryl methyl sites for hydroxylation is 2. The minimum absolute atomic E-state index is 0.152. The van der Waals surface area contributed by atoms with E-state index in [1.54, 1.807) is 11.2 Å². The summed E-state index contributed by atoms with van der Waals surface area (Å²) in [6, 6.07) is 5.81. The third-order valence-electron chi connectivity index (χ3n) is 3.08. The number of nitrogens with zero attached hydrogens (tertiary/aromatic N) is 2. The highest BCUT2D eigenvalue weighted by atomic mass is 16.2. The first-order chi connectivity index (χ1) is 9.13. The molecule has 1 aliphatic rings. The van der Waals surface area contributed by atoms with Crippen molar-refractivity contribution in [3.8, 4) is 0 Å². The van der Waals surface area contributed by atoms with Gasteiger partial charge in [-0.25, -0.2) is 9.79 Å².